The standard InChI is InChI=1S/C19H14ClN5O2.C2H3F3/c1-27-14-6-7-16-15(8-14)23-11-25(16)18-10-21-17(9-22-18)24-19(26)12-2-4-13(20)5-3-12;1-2(3,4)5/h2-11H,1H3,(H,21,24,26);1H3. The molecule has 0 saturated heterocycles. The van der Waals surface area contributed by atoms with E-state index in [1.165, 1.54) is 6.20 Å². The number of ether oxygens (including phenoxy) is 1. The van der Waals surface area contributed by atoms with E-state index in [0.29, 0.717) is 22.2 Å². The molecule has 0 aliphatic carbocycles. The van der Waals surface area contributed by atoms with Gasteiger partial charge in [0.2, 0.25) is 0 Å². The summed E-state index contributed by atoms with van der Waals surface area (Å²) in [5, 5.41) is 3.28. The number of rotatable bonds is 4. The van der Waals surface area contributed by atoms with Crippen LogP contribution in [0.15, 0.2) is 61.2 Å². The van der Waals surface area contributed by atoms with Crippen molar-refractivity contribution in [1.29, 1.82) is 0 Å². The van der Waals surface area contributed by atoms with Crippen LogP contribution in [-0.4, -0.2) is 38.7 Å². The molecule has 0 saturated carbocycles. The number of benzene rings is 2. The van der Waals surface area contributed by atoms with Crippen LogP contribution in [-0.2, 0) is 0 Å². The Balaban J connectivity index is 0.000000523. The maximum Gasteiger partial charge on any atom is 0.386 e. The Morgan fingerprint density at radius 3 is 2.34 bits per heavy atom. The molecule has 1 N–H and O–H groups in total. The minimum Gasteiger partial charge on any atom is -0.497 e. The van der Waals surface area contributed by atoms with Crippen molar-refractivity contribution in [1.82, 2.24) is 19.5 Å². The molecular weight excluding hydrogens is 447 g/mol. The van der Waals surface area contributed by atoms with E-state index in [-0.39, 0.29) is 12.8 Å². The van der Waals surface area contributed by atoms with Gasteiger partial charge in [-0.15, -0.1) is 0 Å². The molecule has 0 unspecified atom stereocenters. The average Bonchev–Trinajstić information content (AvgIpc) is 3.16. The molecule has 0 bridgehead atoms. The van der Waals surface area contributed by atoms with Crippen molar-refractivity contribution in [3.8, 4) is 11.6 Å². The molecule has 4 aromatic rings. The number of carbonyl (C=O) groups is 1. The quantitative estimate of drug-likeness (QED) is 0.444. The number of methoxy groups -OCH3 is 1. The zero-order valence-electron chi connectivity index (χ0n) is 16.9. The Bertz CT molecular complexity index is 1200. The fourth-order valence-corrected chi connectivity index (χ4v) is 2.73. The molecule has 11 heteroatoms. The molecule has 0 radical (unpaired) electrons. The number of anilines is 1. The lowest BCUT2D eigenvalue weighted by Gasteiger charge is -2.07. The second-order valence-corrected chi connectivity index (χ2v) is 6.91. The second-order valence-electron chi connectivity index (χ2n) is 6.47. The SMILES string of the molecule is CC(F)(F)F.COc1ccc2c(c1)ncn2-c1cnc(NC(=O)c2ccc(Cl)cc2)cn1. The maximum absolute atomic E-state index is 12.2. The highest BCUT2D eigenvalue weighted by Crippen LogP contribution is 2.22. The third kappa shape index (κ3) is 6.17. The van der Waals surface area contributed by atoms with Crippen molar-refractivity contribution >= 4 is 34.4 Å². The van der Waals surface area contributed by atoms with Gasteiger partial charge in [0, 0.05) is 23.6 Å². The molecule has 32 heavy (non-hydrogen) atoms. The van der Waals surface area contributed by atoms with E-state index in [1.54, 1.807) is 43.9 Å². The highest BCUT2D eigenvalue weighted by molar-refractivity contribution is 6.30. The first-order chi connectivity index (χ1) is 15.1. The fraction of sp³-hybridized carbons (Fsp3) is 0.143. The minimum absolute atomic E-state index is 0.188. The van der Waals surface area contributed by atoms with Gasteiger partial charge in [-0.1, -0.05) is 11.6 Å². The van der Waals surface area contributed by atoms with E-state index < -0.39 is 6.18 Å². The van der Waals surface area contributed by atoms with Crippen LogP contribution in [0.5, 0.6) is 5.75 Å². The highest BCUT2D eigenvalue weighted by atomic mass is 35.5. The first-order valence-electron chi connectivity index (χ1n) is 9.11. The third-order valence-electron chi connectivity index (χ3n) is 3.99. The fourth-order valence-electron chi connectivity index (χ4n) is 2.60. The van der Waals surface area contributed by atoms with Crippen LogP contribution in [0.4, 0.5) is 19.0 Å². The number of halogens is 4. The summed E-state index contributed by atoms with van der Waals surface area (Å²) >= 11 is 5.83. The Morgan fingerprint density at radius 1 is 1.06 bits per heavy atom. The van der Waals surface area contributed by atoms with Crippen LogP contribution < -0.4 is 10.1 Å². The largest absolute Gasteiger partial charge is 0.497 e. The molecule has 0 aliphatic rings. The number of amides is 1. The number of alkyl halides is 3. The summed E-state index contributed by atoms with van der Waals surface area (Å²) in [5.74, 6) is 1.39. The van der Waals surface area contributed by atoms with Crippen molar-refractivity contribution in [3.63, 3.8) is 0 Å². The van der Waals surface area contributed by atoms with Crippen molar-refractivity contribution in [3.05, 3.63) is 71.8 Å². The lowest BCUT2D eigenvalue weighted by Crippen LogP contribution is -2.13. The summed E-state index contributed by atoms with van der Waals surface area (Å²) in [4.78, 5) is 25.2. The Labute approximate surface area is 185 Å². The van der Waals surface area contributed by atoms with Crippen LogP contribution >= 0.6 is 11.6 Å². The number of carbonyl (C=O) groups excluding carboxylic acids is 1. The summed E-state index contributed by atoms with van der Waals surface area (Å²) in [6.45, 7) is 0.188. The van der Waals surface area contributed by atoms with E-state index >= 15 is 0 Å². The number of imidazole rings is 1. The molecule has 1 amide bonds. The van der Waals surface area contributed by atoms with Gasteiger partial charge in [0.1, 0.15) is 12.1 Å². The van der Waals surface area contributed by atoms with Crippen LogP contribution in [0.25, 0.3) is 16.9 Å². The number of hydrogen-bond acceptors (Lipinski definition) is 5. The Kier molecular flexibility index (Phi) is 6.94. The minimum atomic E-state index is -4.00. The molecule has 2 aromatic heterocycles. The Morgan fingerprint density at radius 2 is 1.75 bits per heavy atom. The monoisotopic (exact) mass is 463 g/mol. The molecule has 0 aliphatic heterocycles. The molecular formula is C21H17ClF3N5O2. The van der Waals surface area contributed by atoms with Gasteiger partial charge in [0.05, 0.1) is 30.5 Å². The van der Waals surface area contributed by atoms with Crippen molar-refractivity contribution in [2.75, 3.05) is 12.4 Å². The predicted molar refractivity (Wildman–Crippen MR) is 114 cm³/mol. The molecule has 166 valence electrons. The predicted octanol–water partition coefficient (Wildman–Crippen LogP) is 5.30. The first kappa shape index (κ1) is 23.0. The first-order valence-corrected chi connectivity index (χ1v) is 9.49. The van der Waals surface area contributed by atoms with Gasteiger partial charge >= 0.3 is 6.18 Å². The summed E-state index contributed by atoms with van der Waals surface area (Å²) in [5.41, 5.74) is 2.15. The van der Waals surface area contributed by atoms with Gasteiger partial charge in [0.25, 0.3) is 5.91 Å². The average molecular weight is 464 g/mol. The molecule has 0 fully saturated rings. The van der Waals surface area contributed by atoms with Gasteiger partial charge < -0.3 is 10.1 Å². The van der Waals surface area contributed by atoms with E-state index in [9.17, 15) is 18.0 Å². The zero-order valence-corrected chi connectivity index (χ0v) is 17.6. The van der Waals surface area contributed by atoms with Gasteiger partial charge in [-0.3, -0.25) is 9.36 Å². The van der Waals surface area contributed by atoms with Gasteiger partial charge in [-0.25, -0.2) is 15.0 Å². The molecule has 0 atom stereocenters. The normalized spacial score (nSPS) is 10.9. The summed E-state index contributed by atoms with van der Waals surface area (Å²) < 4.78 is 38.1. The van der Waals surface area contributed by atoms with E-state index in [1.807, 2.05) is 22.8 Å². The molecule has 0 spiro atoms. The molecule has 4 rings (SSSR count). The third-order valence-corrected chi connectivity index (χ3v) is 4.24. The summed E-state index contributed by atoms with van der Waals surface area (Å²) in [6.07, 6.45) is 0.738. The molecule has 2 aromatic carbocycles. The molecule has 7 nitrogen and oxygen atoms in total. The van der Waals surface area contributed by atoms with Gasteiger partial charge in [-0.2, -0.15) is 13.2 Å². The number of nitrogens with zero attached hydrogens (tertiary/aromatic N) is 4. The van der Waals surface area contributed by atoms with E-state index in [0.717, 1.165) is 16.8 Å². The summed E-state index contributed by atoms with van der Waals surface area (Å²) in [7, 11) is 1.61. The maximum atomic E-state index is 12.2. The lowest BCUT2D eigenvalue weighted by atomic mass is 10.2. The van der Waals surface area contributed by atoms with Crippen LogP contribution in [0.1, 0.15) is 17.3 Å². The number of nitrogens with one attached hydrogen (secondary N) is 1. The van der Waals surface area contributed by atoms with Crippen molar-refractivity contribution in [2.24, 2.45) is 0 Å². The van der Waals surface area contributed by atoms with E-state index in [2.05, 4.69) is 20.3 Å². The number of fused-ring (bicyclic) bond motifs is 1. The summed E-state index contributed by atoms with van der Waals surface area (Å²) in [6, 6.07) is 12.2. The lowest BCUT2D eigenvalue weighted by molar-refractivity contribution is -0.110. The van der Waals surface area contributed by atoms with Crippen LogP contribution in [0.3, 0.4) is 0 Å². The van der Waals surface area contributed by atoms with Crippen molar-refractivity contribution in [2.45, 2.75) is 13.1 Å². The smallest absolute Gasteiger partial charge is 0.386 e. The molecule has 2 heterocycles. The highest BCUT2D eigenvalue weighted by Gasteiger charge is 2.15. The Hall–Kier alpha value is -3.66. The van der Waals surface area contributed by atoms with Crippen LogP contribution in [0.2, 0.25) is 5.02 Å². The van der Waals surface area contributed by atoms with Gasteiger partial charge in [0.15, 0.2) is 11.6 Å². The van der Waals surface area contributed by atoms with Crippen molar-refractivity contribution < 1.29 is 22.7 Å². The second kappa shape index (κ2) is 9.65. The van der Waals surface area contributed by atoms with Crippen LogP contribution in [0, 0.1) is 0 Å². The topological polar surface area (TPSA) is 81.9 Å². The zero-order chi connectivity index (χ0) is 23.3. The van der Waals surface area contributed by atoms with E-state index in [4.69, 9.17) is 16.3 Å². The number of aromatic nitrogens is 4. The number of hydrogen-bond donors (Lipinski definition) is 1. The van der Waals surface area contributed by atoms with Gasteiger partial charge in [-0.05, 0) is 36.4 Å².